The number of aromatic nitrogens is 2. The maximum Gasteiger partial charge on any atom is 0.0784 e. The fourth-order valence-electron chi connectivity index (χ4n) is 2.96. The van der Waals surface area contributed by atoms with Gasteiger partial charge in [0.1, 0.15) is 0 Å². The number of rotatable bonds is 5. The summed E-state index contributed by atoms with van der Waals surface area (Å²) in [5, 5.41) is 3.44. The largest absolute Gasteiger partial charge is 0.317 e. The molecule has 4 heteroatoms. The molecular formula is C15H26N4. The van der Waals surface area contributed by atoms with Crippen molar-refractivity contribution in [1.82, 2.24) is 20.2 Å². The molecule has 2 rings (SSSR count). The van der Waals surface area contributed by atoms with E-state index in [2.05, 4.69) is 41.0 Å². The molecule has 1 aliphatic heterocycles. The molecule has 2 heterocycles. The smallest absolute Gasteiger partial charge is 0.0784 e. The van der Waals surface area contributed by atoms with E-state index in [0.29, 0.717) is 6.04 Å². The molecule has 1 fully saturated rings. The SMILES string of the molecule is CCN(CC1CCNCC1)C(C)c1nccnc1C. The van der Waals surface area contributed by atoms with Crippen LogP contribution in [0.2, 0.25) is 0 Å². The van der Waals surface area contributed by atoms with Gasteiger partial charge in [-0.1, -0.05) is 6.92 Å². The summed E-state index contributed by atoms with van der Waals surface area (Å²) in [5.74, 6) is 0.820. The van der Waals surface area contributed by atoms with Crippen LogP contribution < -0.4 is 5.32 Å². The Morgan fingerprint density at radius 3 is 2.63 bits per heavy atom. The molecule has 0 aromatic carbocycles. The van der Waals surface area contributed by atoms with Gasteiger partial charge in [-0.3, -0.25) is 14.9 Å². The van der Waals surface area contributed by atoms with E-state index in [9.17, 15) is 0 Å². The maximum absolute atomic E-state index is 4.52. The Morgan fingerprint density at radius 2 is 2.00 bits per heavy atom. The molecule has 0 aliphatic carbocycles. The third-order valence-corrected chi connectivity index (χ3v) is 4.22. The van der Waals surface area contributed by atoms with Crippen LogP contribution in [-0.2, 0) is 0 Å². The molecule has 0 amide bonds. The Kier molecular flexibility index (Phi) is 5.28. The number of hydrogen-bond donors (Lipinski definition) is 1. The van der Waals surface area contributed by atoms with Gasteiger partial charge in [0.15, 0.2) is 0 Å². The average Bonchev–Trinajstić information content (AvgIpc) is 2.46. The summed E-state index contributed by atoms with van der Waals surface area (Å²) in [6, 6.07) is 0.355. The van der Waals surface area contributed by atoms with Crippen LogP contribution in [0, 0.1) is 12.8 Å². The third kappa shape index (κ3) is 3.74. The normalized spacial score (nSPS) is 18.7. The van der Waals surface area contributed by atoms with Crippen LogP contribution in [0.3, 0.4) is 0 Å². The first-order valence-electron chi connectivity index (χ1n) is 7.44. The minimum atomic E-state index is 0.355. The molecule has 1 aromatic heterocycles. The standard InChI is InChI=1S/C15H26N4/c1-4-19(11-14-5-7-16-8-6-14)13(3)15-12(2)17-9-10-18-15/h9-10,13-14,16H,4-8,11H2,1-3H3. The molecule has 1 aliphatic rings. The summed E-state index contributed by atoms with van der Waals surface area (Å²) < 4.78 is 0. The zero-order valence-electron chi connectivity index (χ0n) is 12.4. The van der Waals surface area contributed by atoms with Crippen molar-refractivity contribution in [2.45, 2.75) is 39.7 Å². The Balaban J connectivity index is 2.02. The predicted octanol–water partition coefficient (Wildman–Crippen LogP) is 2.17. The van der Waals surface area contributed by atoms with Gasteiger partial charge in [-0.05, 0) is 52.2 Å². The van der Waals surface area contributed by atoms with Gasteiger partial charge in [0.25, 0.3) is 0 Å². The number of nitrogens with zero attached hydrogens (tertiary/aromatic N) is 3. The summed E-state index contributed by atoms with van der Waals surface area (Å²) in [6.45, 7) is 11.1. The highest BCUT2D eigenvalue weighted by Gasteiger charge is 2.22. The van der Waals surface area contributed by atoms with Crippen molar-refractivity contribution >= 4 is 0 Å². The van der Waals surface area contributed by atoms with Gasteiger partial charge in [-0.2, -0.15) is 0 Å². The van der Waals surface area contributed by atoms with Gasteiger partial charge in [0.2, 0.25) is 0 Å². The number of piperidine rings is 1. The highest BCUT2D eigenvalue weighted by molar-refractivity contribution is 5.12. The Hall–Kier alpha value is -1.00. The fourth-order valence-corrected chi connectivity index (χ4v) is 2.96. The molecule has 0 bridgehead atoms. The van der Waals surface area contributed by atoms with E-state index in [1.165, 1.54) is 32.5 Å². The summed E-state index contributed by atoms with van der Waals surface area (Å²) >= 11 is 0. The summed E-state index contributed by atoms with van der Waals surface area (Å²) in [5.41, 5.74) is 2.18. The van der Waals surface area contributed by atoms with Gasteiger partial charge in [0, 0.05) is 18.9 Å². The van der Waals surface area contributed by atoms with Crippen molar-refractivity contribution in [3.05, 3.63) is 23.8 Å². The molecular weight excluding hydrogens is 236 g/mol. The predicted molar refractivity (Wildman–Crippen MR) is 78.0 cm³/mol. The van der Waals surface area contributed by atoms with E-state index in [1.807, 2.05) is 0 Å². The number of hydrogen-bond acceptors (Lipinski definition) is 4. The van der Waals surface area contributed by atoms with Crippen molar-refractivity contribution in [3.8, 4) is 0 Å². The van der Waals surface area contributed by atoms with Crippen molar-refractivity contribution in [2.24, 2.45) is 5.92 Å². The van der Waals surface area contributed by atoms with Crippen LogP contribution >= 0.6 is 0 Å². The molecule has 0 spiro atoms. The minimum absolute atomic E-state index is 0.355. The fraction of sp³-hybridized carbons (Fsp3) is 0.733. The summed E-state index contributed by atoms with van der Waals surface area (Å²) in [6.07, 6.45) is 6.16. The summed E-state index contributed by atoms with van der Waals surface area (Å²) in [7, 11) is 0. The van der Waals surface area contributed by atoms with Crippen LogP contribution in [0.4, 0.5) is 0 Å². The molecule has 0 saturated carbocycles. The monoisotopic (exact) mass is 262 g/mol. The van der Waals surface area contributed by atoms with Gasteiger partial charge in [0.05, 0.1) is 17.4 Å². The van der Waals surface area contributed by atoms with Crippen LogP contribution in [-0.4, -0.2) is 41.0 Å². The lowest BCUT2D eigenvalue weighted by Crippen LogP contribution is -2.37. The second-order valence-corrected chi connectivity index (χ2v) is 5.48. The van der Waals surface area contributed by atoms with Crippen molar-refractivity contribution in [1.29, 1.82) is 0 Å². The Bertz CT molecular complexity index is 387. The zero-order valence-corrected chi connectivity index (χ0v) is 12.4. The molecule has 1 N–H and O–H groups in total. The third-order valence-electron chi connectivity index (χ3n) is 4.22. The van der Waals surface area contributed by atoms with E-state index in [-0.39, 0.29) is 0 Å². The van der Waals surface area contributed by atoms with E-state index in [0.717, 1.165) is 23.9 Å². The maximum atomic E-state index is 4.52. The highest BCUT2D eigenvalue weighted by atomic mass is 15.2. The lowest BCUT2D eigenvalue weighted by atomic mass is 9.96. The van der Waals surface area contributed by atoms with Gasteiger partial charge < -0.3 is 5.32 Å². The van der Waals surface area contributed by atoms with Crippen LogP contribution in [0.5, 0.6) is 0 Å². The first kappa shape index (κ1) is 14.4. The van der Waals surface area contributed by atoms with Crippen LogP contribution in [0.15, 0.2) is 12.4 Å². The van der Waals surface area contributed by atoms with Crippen LogP contribution in [0.25, 0.3) is 0 Å². The molecule has 1 aromatic rings. The quantitative estimate of drug-likeness (QED) is 0.883. The molecule has 19 heavy (non-hydrogen) atoms. The van der Waals surface area contributed by atoms with Crippen molar-refractivity contribution in [2.75, 3.05) is 26.2 Å². The second-order valence-electron chi connectivity index (χ2n) is 5.48. The van der Waals surface area contributed by atoms with Crippen molar-refractivity contribution in [3.63, 3.8) is 0 Å². The molecule has 1 saturated heterocycles. The van der Waals surface area contributed by atoms with Gasteiger partial charge >= 0.3 is 0 Å². The molecule has 106 valence electrons. The Labute approximate surface area is 116 Å². The molecule has 1 unspecified atom stereocenters. The Morgan fingerprint density at radius 1 is 1.32 bits per heavy atom. The molecule has 1 atom stereocenters. The minimum Gasteiger partial charge on any atom is -0.317 e. The van der Waals surface area contributed by atoms with Crippen molar-refractivity contribution < 1.29 is 0 Å². The highest BCUT2D eigenvalue weighted by Crippen LogP contribution is 2.23. The topological polar surface area (TPSA) is 41.0 Å². The van der Waals surface area contributed by atoms with E-state index < -0.39 is 0 Å². The number of aryl methyl sites for hydroxylation is 1. The second kappa shape index (κ2) is 6.96. The van der Waals surface area contributed by atoms with E-state index >= 15 is 0 Å². The zero-order chi connectivity index (χ0) is 13.7. The van der Waals surface area contributed by atoms with Gasteiger partial charge in [-0.15, -0.1) is 0 Å². The molecule has 0 radical (unpaired) electrons. The first-order chi connectivity index (χ1) is 9.22. The first-order valence-corrected chi connectivity index (χ1v) is 7.44. The van der Waals surface area contributed by atoms with E-state index in [4.69, 9.17) is 0 Å². The molecule has 4 nitrogen and oxygen atoms in total. The lowest BCUT2D eigenvalue weighted by molar-refractivity contribution is 0.165. The van der Waals surface area contributed by atoms with Crippen LogP contribution in [0.1, 0.15) is 44.1 Å². The summed E-state index contributed by atoms with van der Waals surface area (Å²) in [4.78, 5) is 11.4. The lowest BCUT2D eigenvalue weighted by Gasteiger charge is -2.33. The average molecular weight is 262 g/mol. The number of nitrogens with one attached hydrogen (secondary N) is 1. The van der Waals surface area contributed by atoms with Gasteiger partial charge in [-0.25, -0.2) is 0 Å². The van der Waals surface area contributed by atoms with E-state index in [1.54, 1.807) is 12.4 Å².